The smallest absolute Gasteiger partial charge is 0.168 e. The number of hydrogen-bond acceptors (Lipinski definition) is 4. The predicted molar refractivity (Wildman–Crippen MR) is 80.1 cm³/mol. The minimum Gasteiger partial charge on any atom is -0.369 e. The van der Waals surface area contributed by atoms with Crippen molar-refractivity contribution in [3.05, 3.63) is 42.1 Å². The van der Waals surface area contributed by atoms with Crippen LogP contribution in [0.1, 0.15) is 19.2 Å². The number of benzene rings is 1. The summed E-state index contributed by atoms with van der Waals surface area (Å²) in [6.45, 7) is 4.71. The summed E-state index contributed by atoms with van der Waals surface area (Å²) in [7, 11) is 0. The van der Waals surface area contributed by atoms with Gasteiger partial charge in [-0.05, 0) is 25.5 Å². The van der Waals surface area contributed by atoms with Crippen molar-refractivity contribution >= 4 is 16.9 Å². The highest BCUT2D eigenvalue weighted by molar-refractivity contribution is 5.87. The van der Waals surface area contributed by atoms with Gasteiger partial charge < -0.3 is 5.32 Å². The van der Waals surface area contributed by atoms with Gasteiger partial charge in [-0.1, -0.05) is 19.1 Å². The van der Waals surface area contributed by atoms with E-state index in [9.17, 15) is 4.39 Å². The van der Waals surface area contributed by atoms with E-state index in [0.717, 1.165) is 24.2 Å². The maximum atomic E-state index is 14.0. The summed E-state index contributed by atoms with van der Waals surface area (Å²) >= 11 is 0. The average Bonchev–Trinajstić information content (AvgIpc) is 2.89. The average molecular weight is 285 g/mol. The second-order valence-electron chi connectivity index (χ2n) is 4.79. The lowest BCUT2D eigenvalue weighted by Gasteiger charge is -2.08. The summed E-state index contributed by atoms with van der Waals surface area (Å²) in [5.41, 5.74) is 0.984. The van der Waals surface area contributed by atoms with Gasteiger partial charge in [0.25, 0.3) is 0 Å². The molecule has 2 aromatic heterocycles. The Labute approximate surface area is 121 Å². The first kappa shape index (κ1) is 13.5. The molecule has 0 amide bonds. The standard InChI is InChI=1S/C15H16FN5/c1-3-8-17-14-11-9-18-21(15(11)20-10(2)19-14)13-7-5-4-6-12(13)16/h4-7,9H,3,8H2,1-2H3,(H,17,19,20). The molecule has 1 aromatic carbocycles. The number of nitrogens with one attached hydrogen (secondary N) is 1. The SMILES string of the molecule is CCCNc1nc(C)nc2c1cnn2-c1ccccc1F. The van der Waals surface area contributed by atoms with Crippen LogP contribution >= 0.6 is 0 Å². The van der Waals surface area contributed by atoms with E-state index in [1.165, 1.54) is 10.7 Å². The van der Waals surface area contributed by atoms with Crippen molar-refractivity contribution in [2.45, 2.75) is 20.3 Å². The molecule has 0 aliphatic carbocycles. The fourth-order valence-corrected chi connectivity index (χ4v) is 2.19. The number of anilines is 1. The Morgan fingerprint density at radius 2 is 2.05 bits per heavy atom. The molecule has 0 aliphatic rings. The third kappa shape index (κ3) is 2.44. The zero-order valence-corrected chi connectivity index (χ0v) is 12.0. The molecular formula is C15H16FN5. The third-order valence-corrected chi connectivity index (χ3v) is 3.16. The molecule has 1 N–H and O–H groups in total. The fraction of sp³-hybridized carbons (Fsp3) is 0.267. The zero-order valence-electron chi connectivity index (χ0n) is 12.0. The normalized spacial score (nSPS) is 11.0. The van der Waals surface area contributed by atoms with Crippen molar-refractivity contribution in [3.63, 3.8) is 0 Å². The lowest BCUT2D eigenvalue weighted by molar-refractivity contribution is 0.612. The molecule has 0 saturated carbocycles. The molecule has 0 spiro atoms. The molecule has 0 atom stereocenters. The highest BCUT2D eigenvalue weighted by Gasteiger charge is 2.14. The molecule has 0 radical (unpaired) electrons. The van der Waals surface area contributed by atoms with Crippen LogP contribution in [0.4, 0.5) is 10.2 Å². The number of rotatable bonds is 4. The Morgan fingerprint density at radius 3 is 2.81 bits per heavy atom. The van der Waals surface area contributed by atoms with E-state index in [-0.39, 0.29) is 5.82 Å². The van der Waals surface area contributed by atoms with Crippen LogP contribution in [-0.4, -0.2) is 26.3 Å². The van der Waals surface area contributed by atoms with E-state index in [4.69, 9.17) is 0 Å². The maximum Gasteiger partial charge on any atom is 0.168 e. The minimum atomic E-state index is -0.332. The first-order valence-corrected chi connectivity index (χ1v) is 6.92. The number of fused-ring (bicyclic) bond motifs is 1. The van der Waals surface area contributed by atoms with Crippen LogP contribution < -0.4 is 5.32 Å². The number of aromatic nitrogens is 4. The van der Waals surface area contributed by atoms with Crippen molar-refractivity contribution in [2.75, 3.05) is 11.9 Å². The molecule has 6 heteroatoms. The quantitative estimate of drug-likeness (QED) is 0.800. The lowest BCUT2D eigenvalue weighted by Crippen LogP contribution is -2.06. The van der Waals surface area contributed by atoms with Gasteiger partial charge in [0.2, 0.25) is 0 Å². The van der Waals surface area contributed by atoms with Crippen LogP contribution in [0.5, 0.6) is 0 Å². The van der Waals surface area contributed by atoms with E-state index < -0.39 is 0 Å². The third-order valence-electron chi connectivity index (χ3n) is 3.16. The molecule has 0 aliphatic heterocycles. The van der Waals surface area contributed by atoms with Crippen molar-refractivity contribution in [2.24, 2.45) is 0 Å². The van der Waals surface area contributed by atoms with E-state index in [2.05, 4.69) is 27.3 Å². The second-order valence-corrected chi connectivity index (χ2v) is 4.79. The Morgan fingerprint density at radius 1 is 1.24 bits per heavy atom. The first-order chi connectivity index (χ1) is 10.2. The monoisotopic (exact) mass is 285 g/mol. The number of aryl methyl sites for hydroxylation is 1. The summed E-state index contributed by atoms with van der Waals surface area (Å²) in [6, 6.07) is 6.51. The van der Waals surface area contributed by atoms with Crippen molar-refractivity contribution in [1.82, 2.24) is 19.7 Å². The van der Waals surface area contributed by atoms with Gasteiger partial charge in [0.05, 0.1) is 11.6 Å². The van der Waals surface area contributed by atoms with Crippen molar-refractivity contribution in [1.29, 1.82) is 0 Å². The summed E-state index contributed by atoms with van der Waals surface area (Å²) in [5.74, 6) is 1.03. The highest BCUT2D eigenvalue weighted by Crippen LogP contribution is 2.23. The van der Waals surface area contributed by atoms with E-state index in [0.29, 0.717) is 17.2 Å². The molecule has 0 fully saturated rings. The number of hydrogen-bond donors (Lipinski definition) is 1. The van der Waals surface area contributed by atoms with Gasteiger partial charge in [-0.15, -0.1) is 0 Å². The molecular weight excluding hydrogens is 269 g/mol. The van der Waals surface area contributed by atoms with Crippen LogP contribution in [0.15, 0.2) is 30.5 Å². The van der Waals surface area contributed by atoms with Gasteiger partial charge in [0.15, 0.2) is 5.65 Å². The van der Waals surface area contributed by atoms with Crippen LogP contribution in [0.2, 0.25) is 0 Å². The molecule has 2 heterocycles. The molecule has 0 saturated heterocycles. The number of para-hydroxylation sites is 1. The summed E-state index contributed by atoms with van der Waals surface area (Å²) in [5, 5.41) is 8.32. The summed E-state index contributed by atoms with van der Waals surface area (Å²) < 4.78 is 15.5. The topological polar surface area (TPSA) is 55.6 Å². The van der Waals surface area contributed by atoms with Gasteiger partial charge in [-0.3, -0.25) is 0 Å². The van der Waals surface area contributed by atoms with Gasteiger partial charge in [-0.25, -0.2) is 19.0 Å². The minimum absolute atomic E-state index is 0.332. The van der Waals surface area contributed by atoms with E-state index in [1.54, 1.807) is 24.4 Å². The molecule has 0 bridgehead atoms. The molecule has 3 rings (SSSR count). The number of halogens is 1. The van der Waals surface area contributed by atoms with Crippen LogP contribution in [0.3, 0.4) is 0 Å². The summed E-state index contributed by atoms with van der Waals surface area (Å²) in [6.07, 6.45) is 2.66. The van der Waals surface area contributed by atoms with Crippen LogP contribution in [-0.2, 0) is 0 Å². The van der Waals surface area contributed by atoms with Crippen LogP contribution in [0, 0.1) is 12.7 Å². The highest BCUT2D eigenvalue weighted by atomic mass is 19.1. The maximum absolute atomic E-state index is 14.0. The lowest BCUT2D eigenvalue weighted by atomic mass is 10.3. The van der Waals surface area contributed by atoms with Crippen molar-refractivity contribution in [3.8, 4) is 5.69 Å². The van der Waals surface area contributed by atoms with E-state index >= 15 is 0 Å². The zero-order chi connectivity index (χ0) is 14.8. The van der Waals surface area contributed by atoms with Gasteiger partial charge >= 0.3 is 0 Å². The Bertz CT molecular complexity index is 781. The van der Waals surface area contributed by atoms with E-state index in [1.807, 2.05) is 6.92 Å². The van der Waals surface area contributed by atoms with Gasteiger partial charge in [-0.2, -0.15) is 5.10 Å². The second kappa shape index (κ2) is 5.47. The largest absolute Gasteiger partial charge is 0.369 e. The fourth-order valence-electron chi connectivity index (χ4n) is 2.19. The predicted octanol–water partition coefficient (Wildman–Crippen LogP) is 3.08. The molecule has 21 heavy (non-hydrogen) atoms. The Balaban J connectivity index is 2.18. The van der Waals surface area contributed by atoms with Crippen LogP contribution in [0.25, 0.3) is 16.7 Å². The number of nitrogens with zero attached hydrogens (tertiary/aromatic N) is 4. The Kier molecular flexibility index (Phi) is 3.51. The molecule has 5 nitrogen and oxygen atoms in total. The first-order valence-electron chi connectivity index (χ1n) is 6.92. The van der Waals surface area contributed by atoms with Gasteiger partial charge in [0.1, 0.15) is 23.1 Å². The molecule has 108 valence electrons. The molecule has 3 aromatic rings. The molecule has 0 unspecified atom stereocenters. The summed E-state index contributed by atoms with van der Waals surface area (Å²) in [4.78, 5) is 8.80. The Hall–Kier alpha value is -2.50. The van der Waals surface area contributed by atoms with Crippen molar-refractivity contribution < 1.29 is 4.39 Å². The van der Waals surface area contributed by atoms with Gasteiger partial charge in [0, 0.05) is 6.54 Å².